The molecule has 0 aliphatic carbocycles. The highest BCUT2D eigenvalue weighted by Crippen LogP contribution is 2.42. The van der Waals surface area contributed by atoms with Crippen LogP contribution in [0.3, 0.4) is 0 Å². The highest BCUT2D eigenvalue weighted by Gasteiger charge is 2.43. The molecule has 2 saturated heterocycles. The maximum absolute atomic E-state index is 15.8. The van der Waals surface area contributed by atoms with E-state index in [0.717, 1.165) is 0 Å². The molecule has 6 aliphatic rings. The van der Waals surface area contributed by atoms with Crippen molar-refractivity contribution in [3.8, 4) is 0 Å². The van der Waals surface area contributed by atoms with Crippen LogP contribution in [0.15, 0.2) is 41.3 Å². The molecule has 10 nitrogen and oxygen atoms in total. The number of carbonyl (C=O) groups excluding carboxylic acids is 1. The Morgan fingerprint density at radius 2 is 1.71 bits per heavy atom. The summed E-state index contributed by atoms with van der Waals surface area (Å²) in [5.41, 5.74) is 1.25. The van der Waals surface area contributed by atoms with Crippen LogP contribution < -0.4 is 11.0 Å². The standard InChI is InChI=1S/C32H40F2N6O4S/c1-21-23-4-3-5-25(18-23)32(33,34)24-6-11-39(12-7-24)15-14-38(2)29(41)8-13-40-28-20-35-27(22-9-16-45(43,44)17-10-22)19-26(28)30(36-21)37-31(40)42/h3-5,18-22,24H,6-17H2,1-2H3,(H,36,37,42)/t21-/m1/s1. The van der Waals surface area contributed by atoms with Crippen LogP contribution >= 0.6 is 0 Å². The summed E-state index contributed by atoms with van der Waals surface area (Å²) in [6, 6.07) is 7.82. The van der Waals surface area contributed by atoms with Crippen LogP contribution in [0, 0.1) is 5.92 Å². The Morgan fingerprint density at radius 3 is 2.44 bits per heavy atom. The third kappa shape index (κ3) is 6.60. The van der Waals surface area contributed by atoms with Crippen LogP contribution in [0.4, 0.5) is 14.6 Å². The molecule has 0 unspecified atom stereocenters. The summed E-state index contributed by atoms with van der Waals surface area (Å²) in [7, 11) is -1.35. The zero-order chi connectivity index (χ0) is 31.9. The second kappa shape index (κ2) is 12.4. The van der Waals surface area contributed by atoms with E-state index in [1.54, 1.807) is 36.3 Å². The number of alkyl halides is 2. The summed E-state index contributed by atoms with van der Waals surface area (Å²) >= 11 is 0. The minimum Gasteiger partial charge on any atom is -0.363 e. The summed E-state index contributed by atoms with van der Waals surface area (Å²) in [6.45, 7) is 4.09. The number of nitrogens with one attached hydrogen (secondary N) is 1. The van der Waals surface area contributed by atoms with E-state index >= 15 is 8.78 Å². The van der Waals surface area contributed by atoms with E-state index < -0.39 is 33.4 Å². The Balaban J connectivity index is 1.41. The molecule has 1 N–H and O–H groups in total. The van der Waals surface area contributed by atoms with Gasteiger partial charge < -0.3 is 15.1 Å². The molecule has 13 heteroatoms. The van der Waals surface area contributed by atoms with Gasteiger partial charge in [-0.2, -0.15) is 4.98 Å². The fraction of sp³-hybridized carbons (Fsp3) is 0.562. The van der Waals surface area contributed by atoms with Crippen molar-refractivity contribution in [1.82, 2.24) is 24.3 Å². The van der Waals surface area contributed by atoms with Crippen molar-refractivity contribution in [2.75, 3.05) is 50.0 Å². The smallest absolute Gasteiger partial charge is 0.350 e. The van der Waals surface area contributed by atoms with E-state index in [1.807, 2.05) is 13.0 Å². The number of hydrogen-bond acceptors (Lipinski definition) is 8. The number of benzene rings is 1. The summed E-state index contributed by atoms with van der Waals surface area (Å²) in [6.07, 6.45) is 3.33. The van der Waals surface area contributed by atoms with Crippen LogP contribution in [-0.4, -0.2) is 83.4 Å². The van der Waals surface area contributed by atoms with Gasteiger partial charge in [-0.15, -0.1) is 0 Å². The molecule has 3 aromatic rings. The average Bonchev–Trinajstić information content (AvgIpc) is 3.03. The molecule has 1 aromatic carbocycles. The summed E-state index contributed by atoms with van der Waals surface area (Å²) in [5, 5.41) is 3.89. The molecular weight excluding hydrogens is 602 g/mol. The second-order valence-electron chi connectivity index (χ2n) is 12.7. The van der Waals surface area contributed by atoms with Crippen molar-refractivity contribution in [2.24, 2.45) is 5.92 Å². The third-order valence-corrected chi connectivity index (χ3v) is 11.5. The molecule has 0 saturated carbocycles. The van der Waals surface area contributed by atoms with Crippen molar-refractivity contribution in [2.45, 2.75) is 63.5 Å². The first-order chi connectivity index (χ1) is 21.4. The van der Waals surface area contributed by atoms with E-state index in [9.17, 15) is 18.0 Å². The molecule has 242 valence electrons. The molecule has 9 rings (SSSR count). The lowest BCUT2D eigenvalue weighted by atomic mass is 9.85. The molecule has 2 aromatic heterocycles. The van der Waals surface area contributed by atoms with Crippen LogP contribution in [-0.2, 0) is 27.1 Å². The normalized spacial score (nSPS) is 26.1. The number of sulfone groups is 1. The average molecular weight is 643 g/mol. The second-order valence-corrected chi connectivity index (χ2v) is 15.0. The monoisotopic (exact) mass is 642 g/mol. The first kappa shape index (κ1) is 31.5. The van der Waals surface area contributed by atoms with Gasteiger partial charge in [0.05, 0.1) is 23.2 Å². The lowest BCUT2D eigenvalue weighted by molar-refractivity contribution is -0.130. The maximum Gasteiger partial charge on any atom is 0.350 e. The maximum atomic E-state index is 15.8. The Labute approximate surface area is 261 Å². The molecule has 2 fully saturated rings. The van der Waals surface area contributed by atoms with E-state index in [-0.39, 0.29) is 47.7 Å². The molecule has 45 heavy (non-hydrogen) atoms. The van der Waals surface area contributed by atoms with Gasteiger partial charge in [0, 0.05) is 67.6 Å². The number of piperidine rings is 1. The largest absolute Gasteiger partial charge is 0.363 e. The Morgan fingerprint density at radius 1 is 0.978 bits per heavy atom. The predicted molar refractivity (Wildman–Crippen MR) is 168 cm³/mol. The number of pyridine rings is 1. The van der Waals surface area contributed by atoms with Gasteiger partial charge in [0.25, 0.3) is 5.92 Å². The van der Waals surface area contributed by atoms with Gasteiger partial charge in [0.15, 0.2) is 0 Å². The summed E-state index contributed by atoms with van der Waals surface area (Å²) in [5.74, 6) is -3.52. The number of rotatable bonds is 1. The van der Waals surface area contributed by atoms with Crippen LogP contribution in [0.5, 0.6) is 0 Å². The van der Waals surface area contributed by atoms with Crippen molar-refractivity contribution >= 4 is 32.5 Å². The highest BCUT2D eigenvalue weighted by atomic mass is 32.2. The van der Waals surface area contributed by atoms with E-state index in [4.69, 9.17) is 0 Å². The molecule has 6 bridgehead atoms. The first-order valence-electron chi connectivity index (χ1n) is 15.7. The van der Waals surface area contributed by atoms with Gasteiger partial charge in [-0.25, -0.2) is 22.0 Å². The Kier molecular flexibility index (Phi) is 8.68. The minimum absolute atomic E-state index is 0.0289. The number of aromatic nitrogens is 3. The Hall–Kier alpha value is -3.45. The topological polar surface area (TPSA) is 117 Å². The molecule has 0 spiro atoms. The lowest BCUT2D eigenvalue weighted by Crippen LogP contribution is -2.43. The fourth-order valence-electron chi connectivity index (χ4n) is 6.80. The number of halogens is 2. The molecule has 0 radical (unpaired) electrons. The van der Waals surface area contributed by atoms with E-state index in [1.165, 1.54) is 10.6 Å². The van der Waals surface area contributed by atoms with Crippen LogP contribution in [0.25, 0.3) is 10.9 Å². The SMILES string of the molecule is C[C@H]1Nc2nc(=O)n(c3cnc(C4CCS(=O)(=O)CC4)cc23)CCC(=O)N(C)CCN2CCC(CC2)C(F)(F)c2cccc1c2. The van der Waals surface area contributed by atoms with E-state index in [2.05, 4.69) is 20.2 Å². The number of hydrogen-bond donors (Lipinski definition) is 1. The number of nitrogens with zero attached hydrogens (tertiary/aromatic N) is 5. The van der Waals surface area contributed by atoms with Crippen LogP contribution in [0.1, 0.15) is 67.8 Å². The molecule has 1 amide bonds. The van der Waals surface area contributed by atoms with Gasteiger partial charge in [-0.05, 0) is 63.4 Å². The first-order valence-corrected chi connectivity index (χ1v) is 17.6. The van der Waals surface area contributed by atoms with E-state index in [0.29, 0.717) is 74.0 Å². The summed E-state index contributed by atoms with van der Waals surface area (Å²) in [4.78, 5) is 39.2. The summed E-state index contributed by atoms with van der Waals surface area (Å²) < 4.78 is 57.2. The van der Waals surface area contributed by atoms with Gasteiger partial charge in [0.1, 0.15) is 15.7 Å². The number of likely N-dealkylation sites (N-methyl/N-ethyl adjacent to an activating group) is 1. The van der Waals surface area contributed by atoms with Gasteiger partial charge in [0.2, 0.25) is 5.91 Å². The fourth-order valence-corrected chi connectivity index (χ4v) is 8.29. The zero-order valence-electron chi connectivity index (χ0n) is 25.7. The molecule has 6 aliphatic heterocycles. The van der Waals surface area contributed by atoms with Gasteiger partial charge in [-0.1, -0.05) is 18.2 Å². The van der Waals surface area contributed by atoms with Crippen molar-refractivity contribution in [3.63, 3.8) is 0 Å². The lowest BCUT2D eigenvalue weighted by Gasteiger charge is -2.36. The van der Waals surface area contributed by atoms with Crippen molar-refractivity contribution in [3.05, 3.63) is 63.8 Å². The quantitative estimate of drug-likeness (QED) is 0.425. The number of aryl methyl sites for hydroxylation is 1. The van der Waals surface area contributed by atoms with Crippen molar-refractivity contribution < 1.29 is 22.0 Å². The minimum atomic E-state index is -3.07. The Bertz CT molecular complexity index is 1740. The van der Waals surface area contributed by atoms with Gasteiger partial charge >= 0.3 is 5.69 Å². The molecular formula is C32H40F2N6O4S. The zero-order valence-corrected chi connectivity index (χ0v) is 26.5. The number of amides is 1. The number of anilines is 1. The predicted octanol–water partition coefficient (Wildman–Crippen LogP) is 3.92. The molecule has 8 heterocycles. The van der Waals surface area contributed by atoms with Crippen LogP contribution in [0.2, 0.25) is 0 Å². The highest BCUT2D eigenvalue weighted by molar-refractivity contribution is 7.91. The number of carbonyl (C=O) groups is 1. The van der Waals surface area contributed by atoms with Crippen molar-refractivity contribution in [1.29, 1.82) is 0 Å². The van der Waals surface area contributed by atoms with Gasteiger partial charge in [-0.3, -0.25) is 14.3 Å². The third-order valence-electron chi connectivity index (χ3n) is 9.81. The molecule has 1 atom stereocenters.